The molecule has 0 radical (unpaired) electrons. The van der Waals surface area contributed by atoms with Crippen LogP contribution in [0.5, 0.6) is 11.5 Å². The maximum atomic E-state index is 6.12. The van der Waals surface area contributed by atoms with Crippen molar-refractivity contribution in [2.45, 2.75) is 37.8 Å². The van der Waals surface area contributed by atoms with E-state index < -0.39 is 0 Å². The van der Waals surface area contributed by atoms with Gasteiger partial charge in [-0.05, 0) is 12.8 Å². The summed E-state index contributed by atoms with van der Waals surface area (Å²) in [5, 5.41) is 3.56. The number of alkyl halides is 1. The van der Waals surface area contributed by atoms with Crippen molar-refractivity contribution in [3.8, 4) is 11.5 Å². The van der Waals surface area contributed by atoms with Crippen molar-refractivity contribution in [3.63, 3.8) is 0 Å². The first kappa shape index (κ1) is 14.4. The lowest BCUT2D eigenvalue weighted by Crippen LogP contribution is -2.44. The maximum absolute atomic E-state index is 6.12. The molecule has 1 heterocycles. The van der Waals surface area contributed by atoms with Crippen molar-refractivity contribution in [3.05, 3.63) is 18.0 Å². The fraction of sp³-hybridized carbons (Fsp3) is 0.643. The van der Waals surface area contributed by atoms with Crippen LogP contribution >= 0.6 is 11.6 Å². The number of rotatable bonds is 6. The molecule has 0 bridgehead atoms. The summed E-state index contributed by atoms with van der Waals surface area (Å²) in [5.41, 5.74) is 0.912. The van der Waals surface area contributed by atoms with Gasteiger partial charge in [-0.3, -0.25) is 4.98 Å². The zero-order valence-corrected chi connectivity index (χ0v) is 12.3. The normalized spacial score (nSPS) is 17.4. The van der Waals surface area contributed by atoms with E-state index in [1.54, 1.807) is 26.5 Å². The topological polar surface area (TPSA) is 43.4 Å². The first-order chi connectivity index (χ1) is 9.24. The number of hydrogen-bond donors (Lipinski definition) is 1. The van der Waals surface area contributed by atoms with Gasteiger partial charge in [0.15, 0.2) is 11.5 Å². The standard InChI is InChI=1S/C14H21ClN2O2/c1-18-12-5-8-16-11(13(12)19-2)9-17-14(10-15)6-3-4-7-14/h5,8,17H,3-4,6-7,9-10H2,1-2H3. The second kappa shape index (κ2) is 6.44. The summed E-state index contributed by atoms with van der Waals surface area (Å²) < 4.78 is 10.7. The highest BCUT2D eigenvalue weighted by Gasteiger charge is 2.32. The first-order valence-electron chi connectivity index (χ1n) is 6.61. The van der Waals surface area contributed by atoms with E-state index in [9.17, 15) is 0 Å². The monoisotopic (exact) mass is 284 g/mol. The Morgan fingerprint density at radius 1 is 1.32 bits per heavy atom. The predicted octanol–water partition coefficient (Wildman–Crippen LogP) is 2.74. The molecular formula is C14H21ClN2O2. The van der Waals surface area contributed by atoms with Gasteiger partial charge in [0.05, 0.1) is 19.9 Å². The third-order valence-corrected chi connectivity index (χ3v) is 4.33. The smallest absolute Gasteiger partial charge is 0.183 e. The van der Waals surface area contributed by atoms with Gasteiger partial charge >= 0.3 is 0 Å². The number of nitrogens with one attached hydrogen (secondary N) is 1. The van der Waals surface area contributed by atoms with Crippen molar-refractivity contribution in [1.29, 1.82) is 0 Å². The molecule has 1 fully saturated rings. The SMILES string of the molecule is COc1ccnc(CNC2(CCl)CCCC2)c1OC. The quantitative estimate of drug-likeness (QED) is 0.816. The highest BCUT2D eigenvalue weighted by Crippen LogP contribution is 2.33. The van der Waals surface area contributed by atoms with Gasteiger partial charge in [0.25, 0.3) is 0 Å². The number of methoxy groups -OCH3 is 2. The molecule has 1 aromatic rings. The number of nitrogens with zero attached hydrogens (tertiary/aromatic N) is 1. The van der Waals surface area contributed by atoms with Gasteiger partial charge in [-0.15, -0.1) is 11.6 Å². The molecule has 0 atom stereocenters. The first-order valence-corrected chi connectivity index (χ1v) is 7.15. The average molecular weight is 285 g/mol. The highest BCUT2D eigenvalue weighted by atomic mass is 35.5. The Labute approximate surface area is 119 Å². The third kappa shape index (κ3) is 3.12. The molecular weight excluding hydrogens is 264 g/mol. The van der Waals surface area contributed by atoms with E-state index in [2.05, 4.69) is 10.3 Å². The van der Waals surface area contributed by atoms with Gasteiger partial charge < -0.3 is 14.8 Å². The Morgan fingerprint density at radius 3 is 2.63 bits per heavy atom. The van der Waals surface area contributed by atoms with Gasteiger partial charge in [0, 0.05) is 30.2 Å². The lowest BCUT2D eigenvalue weighted by Gasteiger charge is -2.28. The summed E-state index contributed by atoms with van der Waals surface area (Å²) >= 11 is 6.12. The fourth-order valence-electron chi connectivity index (χ4n) is 2.66. The van der Waals surface area contributed by atoms with E-state index in [4.69, 9.17) is 21.1 Å². The van der Waals surface area contributed by atoms with Crippen LogP contribution in [-0.2, 0) is 6.54 Å². The van der Waals surface area contributed by atoms with Crippen molar-refractivity contribution in [2.75, 3.05) is 20.1 Å². The number of aromatic nitrogens is 1. The van der Waals surface area contributed by atoms with Crippen LogP contribution in [0.1, 0.15) is 31.4 Å². The third-order valence-electron chi connectivity index (χ3n) is 3.81. The molecule has 0 saturated heterocycles. The van der Waals surface area contributed by atoms with Crippen LogP contribution in [0.4, 0.5) is 0 Å². The van der Waals surface area contributed by atoms with Gasteiger partial charge in [0.2, 0.25) is 0 Å². The molecule has 106 valence electrons. The molecule has 1 aromatic heterocycles. The molecule has 0 amide bonds. The lowest BCUT2D eigenvalue weighted by atomic mass is 10.0. The zero-order valence-electron chi connectivity index (χ0n) is 11.5. The van der Waals surface area contributed by atoms with Crippen LogP contribution in [0.15, 0.2) is 12.3 Å². The van der Waals surface area contributed by atoms with Crippen LogP contribution in [0.2, 0.25) is 0 Å². The van der Waals surface area contributed by atoms with E-state index in [-0.39, 0.29) is 5.54 Å². The zero-order chi connectivity index (χ0) is 13.7. The average Bonchev–Trinajstić information content (AvgIpc) is 2.94. The number of pyridine rings is 1. The second-order valence-corrected chi connectivity index (χ2v) is 5.24. The maximum Gasteiger partial charge on any atom is 0.183 e. The minimum atomic E-state index is 0.0529. The molecule has 0 spiro atoms. The lowest BCUT2D eigenvalue weighted by molar-refractivity contribution is 0.335. The summed E-state index contributed by atoms with van der Waals surface area (Å²) in [6.07, 6.45) is 6.47. The summed E-state index contributed by atoms with van der Waals surface area (Å²) in [7, 11) is 3.27. The molecule has 1 N–H and O–H groups in total. The minimum absolute atomic E-state index is 0.0529. The van der Waals surface area contributed by atoms with Crippen LogP contribution in [0.3, 0.4) is 0 Å². The largest absolute Gasteiger partial charge is 0.493 e. The van der Waals surface area contributed by atoms with Crippen molar-refractivity contribution >= 4 is 11.6 Å². The summed E-state index contributed by atoms with van der Waals surface area (Å²) in [6.45, 7) is 0.646. The number of halogens is 1. The Kier molecular flexibility index (Phi) is 4.88. The van der Waals surface area contributed by atoms with Gasteiger partial charge in [0.1, 0.15) is 0 Å². The molecule has 19 heavy (non-hydrogen) atoms. The van der Waals surface area contributed by atoms with Crippen LogP contribution in [0, 0.1) is 0 Å². The Morgan fingerprint density at radius 2 is 2.05 bits per heavy atom. The Balaban J connectivity index is 2.10. The molecule has 5 heteroatoms. The molecule has 0 unspecified atom stereocenters. The second-order valence-electron chi connectivity index (χ2n) is 4.97. The van der Waals surface area contributed by atoms with E-state index in [0.717, 1.165) is 18.5 Å². The van der Waals surface area contributed by atoms with Crippen LogP contribution in [0.25, 0.3) is 0 Å². The number of hydrogen-bond acceptors (Lipinski definition) is 4. The summed E-state index contributed by atoms with van der Waals surface area (Å²) in [5.74, 6) is 2.04. The summed E-state index contributed by atoms with van der Waals surface area (Å²) in [6, 6.07) is 1.80. The van der Waals surface area contributed by atoms with E-state index >= 15 is 0 Å². The van der Waals surface area contributed by atoms with Gasteiger partial charge in [-0.25, -0.2) is 0 Å². The van der Waals surface area contributed by atoms with Gasteiger partial charge in [-0.2, -0.15) is 0 Å². The summed E-state index contributed by atoms with van der Waals surface area (Å²) in [4.78, 5) is 4.37. The Hall–Kier alpha value is -1.00. The van der Waals surface area contributed by atoms with Crippen LogP contribution < -0.4 is 14.8 Å². The molecule has 4 nitrogen and oxygen atoms in total. The van der Waals surface area contributed by atoms with E-state index in [1.807, 2.05) is 0 Å². The molecule has 0 aliphatic heterocycles. The molecule has 1 saturated carbocycles. The van der Waals surface area contributed by atoms with Crippen LogP contribution in [-0.4, -0.2) is 30.6 Å². The van der Waals surface area contributed by atoms with Crippen molar-refractivity contribution in [2.24, 2.45) is 0 Å². The number of ether oxygens (including phenoxy) is 2. The highest BCUT2D eigenvalue weighted by molar-refractivity contribution is 6.18. The molecule has 1 aliphatic carbocycles. The minimum Gasteiger partial charge on any atom is -0.493 e. The van der Waals surface area contributed by atoms with E-state index in [1.165, 1.54) is 12.8 Å². The predicted molar refractivity (Wildman–Crippen MR) is 76.1 cm³/mol. The Bertz CT molecular complexity index is 420. The molecule has 2 rings (SSSR count). The fourth-order valence-corrected chi connectivity index (χ4v) is 3.02. The van der Waals surface area contributed by atoms with E-state index in [0.29, 0.717) is 23.9 Å². The van der Waals surface area contributed by atoms with Crippen molar-refractivity contribution in [1.82, 2.24) is 10.3 Å². The van der Waals surface area contributed by atoms with Gasteiger partial charge in [-0.1, -0.05) is 12.8 Å². The van der Waals surface area contributed by atoms with Crippen molar-refractivity contribution < 1.29 is 9.47 Å². The molecule has 0 aromatic carbocycles. The molecule has 1 aliphatic rings.